The Kier molecular flexibility index (Phi) is 7.00. The second kappa shape index (κ2) is 9.93. The number of carbonyl (C=O) groups excluding carboxylic acids is 1. The Hall–Kier alpha value is -2.90. The molecule has 0 aliphatic carbocycles. The smallest absolute Gasteiger partial charge is 0.254 e. The number of pyridine rings is 1. The zero-order chi connectivity index (χ0) is 23.5. The molecular weight excluding hydrogens is 422 g/mol. The summed E-state index contributed by atoms with van der Waals surface area (Å²) in [4.78, 5) is 22.6. The van der Waals surface area contributed by atoms with E-state index in [1.807, 2.05) is 50.3 Å². The minimum absolute atomic E-state index is 0.0509. The summed E-state index contributed by atoms with van der Waals surface area (Å²) >= 11 is 0. The first-order valence-electron chi connectivity index (χ1n) is 11.4. The molecule has 2 atom stereocenters. The predicted octanol–water partition coefficient (Wildman–Crippen LogP) is 4.32. The van der Waals surface area contributed by atoms with E-state index in [2.05, 4.69) is 15.2 Å². The summed E-state index contributed by atoms with van der Waals surface area (Å²) in [6, 6.07) is 13.2. The summed E-state index contributed by atoms with van der Waals surface area (Å²) in [6.45, 7) is 1.63. The number of aromatic nitrogens is 1. The van der Waals surface area contributed by atoms with E-state index < -0.39 is 11.6 Å². The lowest BCUT2D eigenvalue weighted by Crippen LogP contribution is -2.49. The van der Waals surface area contributed by atoms with Gasteiger partial charge in [0.15, 0.2) is 11.6 Å². The molecule has 1 aliphatic rings. The van der Waals surface area contributed by atoms with E-state index in [1.54, 1.807) is 6.07 Å². The van der Waals surface area contributed by atoms with Crippen LogP contribution in [0.3, 0.4) is 0 Å². The Morgan fingerprint density at radius 1 is 1.18 bits per heavy atom. The normalized spacial score (nSPS) is 17.2. The van der Waals surface area contributed by atoms with Gasteiger partial charge in [0.2, 0.25) is 0 Å². The van der Waals surface area contributed by atoms with Crippen LogP contribution in [0.4, 0.5) is 8.78 Å². The van der Waals surface area contributed by atoms with Crippen molar-refractivity contribution in [2.75, 3.05) is 34.2 Å². The molecule has 0 radical (unpaired) electrons. The molecule has 2 aromatic carbocycles. The van der Waals surface area contributed by atoms with Crippen LogP contribution in [0.2, 0.25) is 0 Å². The Morgan fingerprint density at radius 2 is 1.97 bits per heavy atom. The van der Waals surface area contributed by atoms with E-state index >= 15 is 0 Å². The molecule has 1 saturated heterocycles. The Balaban J connectivity index is 1.73. The molecule has 1 fully saturated rings. The van der Waals surface area contributed by atoms with Gasteiger partial charge in [-0.05, 0) is 77.3 Å². The van der Waals surface area contributed by atoms with Crippen molar-refractivity contribution < 1.29 is 13.6 Å². The molecule has 1 N–H and O–H groups in total. The quantitative estimate of drug-likeness (QED) is 0.580. The van der Waals surface area contributed by atoms with Gasteiger partial charge in [-0.2, -0.15) is 0 Å². The van der Waals surface area contributed by atoms with Gasteiger partial charge < -0.3 is 15.1 Å². The highest BCUT2D eigenvalue weighted by Gasteiger charge is 2.35. The van der Waals surface area contributed by atoms with E-state index in [9.17, 15) is 13.6 Å². The zero-order valence-electron chi connectivity index (χ0n) is 19.3. The number of para-hydroxylation sites is 1. The fourth-order valence-corrected chi connectivity index (χ4v) is 4.70. The average molecular weight is 453 g/mol. The van der Waals surface area contributed by atoms with Gasteiger partial charge >= 0.3 is 0 Å². The monoisotopic (exact) mass is 452 g/mol. The highest BCUT2D eigenvalue weighted by atomic mass is 19.2. The second-order valence-electron chi connectivity index (χ2n) is 8.90. The molecule has 0 spiro atoms. The number of carbonyl (C=O) groups is 1. The molecular formula is C26H30F2N4O. The maximum absolute atomic E-state index is 13.9. The van der Waals surface area contributed by atoms with E-state index in [0.717, 1.165) is 43.3 Å². The summed E-state index contributed by atoms with van der Waals surface area (Å²) in [6.07, 6.45) is 2.84. The molecule has 1 amide bonds. The van der Waals surface area contributed by atoms with Crippen LogP contribution >= 0.6 is 0 Å². The third-order valence-electron chi connectivity index (χ3n) is 6.44. The first kappa shape index (κ1) is 23.3. The van der Waals surface area contributed by atoms with Gasteiger partial charge in [0.05, 0.1) is 16.8 Å². The standard InChI is InChI=1S/C26H30F2N4O/c1-29-23(12-14-31(2)3)25-9-6-13-32(25)26(33)19-16-24(17-10-11-20(27)21(28)15-17)30-22-8-5-4-7-18(19)22/h4-5,7-8,10-11,15-16,23,25,29H,6,9,12-14H2,1-3H3/t23?,25-/m0/s1. The molecule has 1 unspecified atom stereocenters. The van der Waals surface area contributed by atoms with Crippen molar-refractivity contribution in [3.05, 3.63) is 65.7 Å². The van der Waals surface area contributed by atoms with Crippen molar-refractivity contribution >= 4 is 16.8 Å². The lowest BCUT2D eigenvalue weighted by atomic mass is 9.99. The van der Waals surface area contributed by atoms with Gasteiger partial charge in [-0.3, -0.25) is 4.79 Å². The zero-order valence-corrected chi connectivity index (χ0v) is 19.3. The van der Waals surface area contributed by atoms with Crippen molar-refractivity contribution in [1.29, 1.82) is 0 Å². The van der Waals surface area contributed by atoms with Crippen LogP contribution in [0, 0.1) is 11.6 Å². The van der Waals surface area contributed by atoms with Gasteiger partial charge in [0.25, 0.3) is 5.91 Å². The summed E-state index contributed by atoms with van der Waals surface area (Å²) in [5, 5.41) is 4.17. The number of benzene rings is 2. The third-order valence-corrected chi connectivity index (χ3v) is 6.44. The highest BCUT2D eigenvalue weighted by molar-refractivity contribution is 6.07. The van der Waals surface area contributed by atoms with Crippen molar-refractivity contribution in [2.45, 2.75) is 31.3 Å². The van der Waals surface area contributed by atoms with E-state index in [4.69, 9.17) is 0 Å². The van der Waals surface area contributed by atoms with Gasteiger partial charge in [0.1, 0.15) is 0 Å². The third kappa shape index (κ3) is 4.89. The molecule has 0 saturated carbocycles. The first-order valence-corrected chi connectivity index (χ1v) is 11.4. The van der Waals surface area contributed by atoms with E-state index in [1.165, 1.54) is 6.07 Å². The van der Waals surface area contributed by atoms with Crippen LogP contribution in [0.15, 0.2) is 48.5 Å². The summed E-state index contributed by atoms with van der Waals surface area (Å²) in [7, 11) is 6.05. The number of halogens is 2. The largest absolute Gasteiger partial charge is 0.334 e. The number of hydrogen-bond donors (Lipinski definition) is 1. The molecule has 4 rings (SSSR count). The average Bonchev–Trinajstić information content (AvgIpc) is 3.29. The number of amides is 1. The second-order valence-corrected chi connectivity index (χ2v) is 8.90. The fraction of sp³-hybridized carbons (Fsp3) is 0.385. The SMILES string of the molecule is CNC(CCN(C)C)[C@@H]1CCCN1C(=O)c1cc(-c2ccc(F)c(F)c2)nc2ccccc12. The molecule has 7 heteroatoms. The van der Waals surface area contributed by atoms with Gasteiger partial charge in [-0.15, -0.1) is 0 Å². The summed E-state index contributed by atoms with van der Waals surface area (Å²) in [5.41, 5.74) is 2.07. The minimum atomic E-state index is -0.937. The van der Waals surface area contributed by atoms with Crippen LogP contribution in [0.5, 0.6) is 0 Å². The van der Waals surface area contributed by atoms with Crippen molar-refractivity contribution in [3.8, 4) is 11.3 Å². The number of nitrogens with zero attached hydrogens (tertiary/aromatic N) is 3. The molecule has 3 aromatic rings. The molecule has 0 bridgehead atoms. The summed E-state index contributed by atoms with van der Waals surface area (Å²) in [5.74, 6) is -1.90. The van der Waals surface area contributed by atoms with Gasteiger partial charge in [-0.1, -0.05) is 18.2 Å². The van der Waals surface area contributed by atoms with Gasteiger partial charge in [0, 0.05) is 29.6 Å². The number of likely N-dealkylation sites (tertiary alicyclic amines) is 1. The lowest BCUT2D eigenvalue weighted by Gasteiger charge is -2.32. The predicted molar refractivity (Wildman–Crippen MR) is 127 cm³/mol. The van der Waals surface area contributed by atoms with Crippen LogP contribution in [-0.2, 0) is 0 Å². The molecule has 1 aliphatic heterocycles. The number of likely N-dealkylation sites (N-methyl/N-ethyl adjacent to an activating group) is 1. The number of hydrogen-bond acceptors (Lipinski definition) is 4. The fourth-order valence-electron chi connectivity index (χ4n) is 4.70. The van der Waals surface area contributed by atoms with Crippen LogP contribution in [-0.4, -0.2) is 67.0 Å². The molecule has 33 heavy (non-hydrogen) atoms. The van der Waals surface area contributed by atoms with Crippen LogP contribution in [0.25, 0.3) is 22.2 Å². The number of rotatable bonds is 7. The number of fused-ring (bicyclic) bond motifs is 1. The minimum Gasteiger partial charge on any atom is -0.334 e. The first-order chi connectivity index (χ1) is 15.9. The van der Waals surface area contributed by atoms with Crippen LogP contribution < -0.4 is 5.32 Å². The number of nitrogens with one attached hydrogen (secondary N) is 1. The Morgan fingerprint density at radius 3 is 2.70 bits per heavy atom. The molecule has 5 nitrogen and oxygen atoms in total. The Bertz CT molecular complexity index is 1150. The van der Waals surface area contributed by atoms with E-state index in [-0.39, 0.29) is 18.0 Å². The topological polar surface area (TPSA) is 48.5 Å². The molecule has 174 valence electrons. The Labute approximate surface area is 193 Å². The molecule has 1 aromatic heterocycles. The molecule has 2 heterocycles. The van der Waals surface area contributed by atoms with Crippen molar-refractivity contribution in [1.82, 2.24) is 20.1 Å². The van der Waals surface area contributed by atoms with Gasteiger partial charge in [-0.25, -0.2) is 13.8 Å². The van der Waals surface area contributed by atoms with Crippen LogP contribution in [0.1, 0.15) is 29.6 Å². The highest BCUT2D eigenvalue weighted by Crippen LogP contribution is 2.30. The van der Waals surface area contributed by atoms with Crippen molar-refractivity contribution in [3.63, 3.8) is 0 Å². The van der Waals surface area contributed by atoms with Crippen molar-refractivity contribution in [2.24, 2.45) is 0 Å². The summed E-state index contributed by atoms with van der Waals surface area (Å²) < 4.78 is 27.4. The lowest BCUT2D eigenvalue weighted by molar-refractivity contribution is 0.0704. The maximum Gasteiger partial charge on any atom is 0.254 e. The van der Waals surface area contributed by atoms with E-state index in [0.29, 0.717) is 28.9 Å². The maximum atomic E-state index is 13.9.